The molecule has 1 aliphatic heterocycles. The molecule has 1 amide bonds. The van der Waals surface area contributed by atoms with Gasteiger partial charge in [0.15, 0.2) is 0 Å². The first-order valence-corrected chi connectivity index (χ1v) is 8.01. The lowest BCUT2D eigenvalue weighted by Crippen LogP contribution is -2.39. The molecule has 1 aromatic carbocycles. The molecule has 0 N–H and O–H groups in total. The largest absolute Gasteiger partial charge is 0.497 e. The molecule has 1 aliphatic rings. The summed E-state index contributed by atoms with van der Waals surface area (Å²) < 4.78 is 21.4. The minimum Gasteiger partial charge on any atom is -0.497 e. The third kappa shape index (κ3) is 3.25. The van der Waals surface area contributed by atoms with E-state index in [1.165, 1.54) is 0 Å². The molecule has 0 spiro atoms. The molecule has 2 heterocycles. The van der Waals surface area contributed by atoms with Gasteiger partial charge in [0, 0.05) is 37.8 Å². The van der Waals surface area contributed by atoms with E-state index in [9.17, 15) is 4.79 Å². The van der Waals surface area contributed by atoms with E-state index in [0.29, 0.717) is 19.6 Å². The van der Waals surface area contributed by atoms with Crippen LogP contribution in [0.15, 0.2) is 28.9 Å². The third-order valence-electron chi connectivity index (χ3n) is 4.59. The van der Waals surface area contributed by atoms with Crippen molar-refractivity contribution in [3.8, 4) is 5.75 Å². The summed E-state index contributed by atoms with van der Waals surface area (Å²) in [7, 11) is 4.95. The number of likely N-dealkylation sites (tertiary alicyclic amines) is 1. The highest BCUT2D eigenvalue weighted by atomic mass is 16.5. The number of hydrogen-bond donors (Lipinski definition) is 0. The van der Waals surface area contributed by atoms with Gasteiger partial charge in [-0.1, -0.05) is 0 Å². The van der Waals surface area contributed by atoms with Crippen LogP contribution in [0.4, 0.5) is 0 Å². The molecule has 130 valence electrons. The molecule has 3 rings (SSSR count). The maximum Gasteiger partial charge on any atom is 0.227 e. The summed E-state index contributed by atoms with van der Waals surface area (Å²) in [4.78, 5) is 14.6. The Hall–Kier alpha value is -2.05. The topological polar surface area (TPSA) is 61.1 Å². The standard InChI is InChI=1S/C18H23NO5/c1-21-11-13-7-15(23-3)9-19(13)18(20)6-12-10-24-17-8-14(22-2)4-5-16(12)17/h4-5,8,10,13,15H,6-7,9,11H2,1-3H3/t13-,15+/m0/s1. The fourth-order valence-corrected chi connectivity index (χ4v) is 3.29. The van der Waals surface area contributed by atoms with E-state index in [1.807, 2.05) is 23.1 Å². The molecular weight excluding hydrogens is 310 g/mol. The Morgan fingerprint density at radius 3 is 2.88 bits per heavy atom. The maximum absolute atomic E-state index is 12.8. The SMILES string of the molecule is COC[C@@H]1C[C@@H](OC)CN1C(=O)Cc1coc2cc(OC)ccc12. The summed E-state index contributed by atoms with van der Waals surface area (Å²) in [6.45, 7) is 1.13. The van der Waals surface area contributed by atoms with Crippen molar-refractivity contribution >= 4 is 16.9 Å². The quantitative estimate of drug-likeness (QED) is 0.811. The first-order valence-electron chi connectivity index (χ1n) is 8.01. The van der Waals surface area contributed by atoms with Gasteiger partial charge in [-0.3, -0.25) is 4.79 Å². The van der Waals surface area contributed by atoms with Gasteiger partial charge in [-0.2, -0.15) is 0 Å². The minimum absolute atomic E-state index is 0.0608. The predicted molar refractivity (Wildman–Crippen MR) is 89.3 cm³/mol. The van der Waals surface area contributed by atoms with Gasteiger partial charge < -0.3 is 23.5 Å². The van der Waals surface area contributed by atoms with Crippen LogP contribution < -0.4 is 4.74 Å². The molecule has 0 aliphatic carbocycles. The number of carbonyl (C=O) groups excluding carboxylic acids is 1. The smallest absolute Gasteiger partial charge is 0.227 e. The molecule has 0 bridgehead atoms. The number of hydrogen-bond acceptors (Lipinski definition) is 5. The highest BCUT2D eigenvalue weighted by Crippen LogP contribution is 2.27. The number of ether oxygens (including phenoxy) is 3. The average Bonchev–Trinajstić information content (AvgIpc) is 3.19. The number of methoxy groups -OCH3 is 3. The van der Waals surface area contributed by atoms with E-state index >= 15 is 0 Å². The van der Waals surface area contributed by atoms with Crippen molar-refractivity contribution in [3.05, 3.63) is 30.0 Å². The van der Waals surface area contributed by atoms with Gasteiger partial charge in [-0.15, -0.1) is 0 Å². The Bertz CT molecular complexity index is 710. The second-order valence-electron chi connectivity index (χ2n) is 6.05. The maximum atomic E-state index is 12.8. The summed E-state index contributed by atoms with van der Waals surface area (Å²) in [5.41, 5.74) is 1.61. The van der Waals surface area contributed by atoms with Crippen molar-refractivity contribution in [1.29, 1.82) is 0 Å². The van der Waals surface area contributed by atoms with Crippen molar-refractivity contribution in [2.75, 3.05) is 34.5 Å². The van der Waals surface area contributed by atoms with Crippen LogP contribution in [0.25, 0.3) is 11.0 Å². The van der Waals surface area contributed by atoms with Crippen molar-refractivity contribution in [2.24, 2.45) is 0 Å². The molecule has 0 radical (unpaired) electrons. The number of carbonyl (C=O) groups is 1. The van der Waals surface area contributed by atoms with Gasteiger partial charge in [0.2, 0.25) is 5.91 Å². The highest BCUT2D eigenvalue weighted by molar-refractivity contribution is 5.88. The fraction of sp³-hybridized carbons (Fsp3) is 0.500. The molecule has 6 heteroatoms. The Labute approximate surface area is 141 Å². The van der Waals surface area contributed by atoms with Gasteiger partial charge in [0.05, 0.1) is 38.5 Å². The van der Waals surface area contributed by atoms with E-state index in [2.05, 4.69) is 0 Å². The Balaban J connectivity index is 1.76. The lowest BCUT2D eigenvalue weighted by Gasteiger charge is -2.23. The molecule has 1 aromatic heterocycles. The third-order valence-corrected chi connectivity index (χ3v) is 4.59. The van der Waals surface area contributed by atoms with Crippen LogP contribution in [0, 0.1) is 0 Å². The number of benzene rings is 1. The number of rotatable bonds is 6. The molecule has 1 saturated heterocycles. The lowest BCUT2D eigenvalue weighted by atomic mass is 10.1. The highest BCUT2D eigenvalue weighted by Gasteiger charge is 2.35. The summed E-state index contributed by atoms with van der Waals surface area (Å²) in [6, 6.07) is 5.68. The average molecular weight is 333 g/mol. The number of furan rings is 1. The molecule has 2 aromatic rings. The number of nitrogens with zero attached hydrogens (tertiary/aromatic N) is 1. The molecule has 2 atom stereocenters. The van der Waals surface area contributed by atoms with Crippen LogP contribution in [0.5, 0.6) is 5.75 Å². The van der Waals surface area contributed by atoms with Crippen molar-refractivity contribution in [2.45, 2.75) is 25.0 Å². The monoisotopic (exact) mass is 333 g/mol. The Morgan fingerprint density at radius 2 is 2.17 bits per heavy atom. The lowest BCUT2D eigenvalue weighted by molar-refractivity contribution is -0.132. The van der Waals surface area contributed by atoms with E-state index < -0.39 is 0 Å². The predicted octanol–water partition coefficient (Wildman–Crippen LogP) is 2.25. The van der Waals surface area contributed by atoms with Crippen molar-refractivity contribution in [3.63, 3.8) is 0 Å². The van der Waals surface area contributed by atoms with Crippen LogP contribution >= 0.6 is 0 Å². The molecule has 0 saturated carbocycles. The van der Waals surface area contributed by atoms with Gasteiger partial charge in [-0.05, 0) is 18.6 Å². The first-order chi connectivity index (χ1) is 11.7. The van der Waals surface area contributed by atoms with E-state index in [1.54, 1.807) is 27.6 Å². The van der Waals surface area contributed by atoms with Crippen LogP contribution in [0.3, 0.4) is 0 Å². The summed E-state index contributed by atoms with van der Waals surface area (Å²) in [6.07, 6.45) is 2.83. The molecule has 1 fully saturated rings. The van der Waals surface area contributed by atoms with Gasteiger partial charge in [0.25, 0.3) is 0 Å². The van der Waals surface area contributed by atoms with Gasteiger partial charge in [-0.25, -0.2) is 0 Å². The van der Waals surface area contributed by atoms with Crippen LogP contribution in [-0.2, 0) is 20.7 Å². The van der Waals surface area contributed by atoms with Crippen molar-refractivity contribution < 1.29 is 23.4 Å². The zero-order chi connectivity index (χ0) is 17.1. The summed E-state index contributed by atoms with van der Waals surface area (Å²) >= 11 is 0. The Kier molecular flexibility index (Phi) is 5.06. The minimum atomic E-state index is 0.0608. The van der Waals surface area contributed by atoms with E-state index in [4.69, 9.17) is 18.6 Å². The number of fused-ring (bicyclic) bond motifs is 1. The molecule has 24 heavy (non-hydrogen) atoms. The van der Waals surface area contributed by atoms with Crippen LogP contribution in [0.2, 0.25) is 0 Å². The fourth-order valence-electron chi connectivity index (χ4n) is 3.29. The Morgan fingerprint density at radius 1 is 1.33 bits per heavy atom. The van der Waals surface area contributed by atoms with E-state index in [-0.39, 0.29) is 18.1 Å². The number of amides is 1. The zero-order valence-electron chi connectivity index (χ0n) is 14.3. The molecular formula is C18H23NO5. The van der Waals surface area contributed by atoms with Crippen LogP contribution in [-0.4, -0.2) is 57.4 Å². The van der Waals surface area contributed by atoms with Crippen molar-refractivity contribution in [1.82, 2.24) is 4.90 Å². The molecule has 6 nitrogen and oxygen atoms in total. The molecule has 0 unspecified atom stereocenters. The summed E-state index contributed by atoms with van der Waals surface area (Å²) in [5, 5.41) is 0.940. The van der Waals surface area contributed by atoms with E-state index in [0.717, 1.165) is 28.7 Å². The van der Waals surface area contributed by atoms with Crippen LogP contribution in [0.1, 0.15) is 12.0 Å². The zero-order valence-corrected chi connectivity index (χ0v) is 14.3. The second kappa shape index (κ2) is 7.23. The summed E-state index contributed by atoms with van der Waals surface area (Å²) in [5.74, 6) is 0.799. The first kappa shape index (κ1) is 16.8. The van der Waals surface area contributed by atoms with Gasteiger partial charge >= 0.3 is 0 Å². The van der Waals surface area contributed by atoms with Gasteiger partial charge in [0.1, 0.15) is 11.3 Å². The second-order valence-corrected chi connectivity index (χ2v) is 6.05. The normalized spacial score (nSPS) is 20.7.